The molecule has 19 heavy (non-hydrogen) atoms. The summed E-state index contributed by atoms with van der Waals surface area (Å²) in [5.41, 5.74) is 7.89. The van der Waals surface area contributed by atoms with E-state index in [0.717, 1.165) is 11.1 Å². The second-order valence-corrected chi connectivity index (χ2v) is 4.77. The lowest BCUT2D eigenvalue weighted by Crippen LogP contribution is -2.13. The summed E-state index contributed by atoms with van der Waals surface area (Å²) >= 11 is 5.82. The molecule has 0 saturated heterocycles. The van der Waals surface area contributed by atoms with Gasteiger partial charge in [-0.1, -0.05) is 29.8 Å². The summed E-state index contributed by atoms with van der Waals surface area (Å²) in [7, 11) is 1.44. The molecule has 2 aromatic carbocycles. The molecule has 0 heterocycles. The Morgan fingerprint density at radius 2 is 1.89 bits per heavy atom. The number of nitrogens with two attached hydrogens (primary N) is 1. The molecule has 0 bridgehead atoms. The second-order valence-electron chi connectivity index (χ2n) is 4.33. The molecule has 2 nitrogen and oxygen atoms in total. The van der Waals surface area contributed by atoms with Crippen molar-refractivity contribution >= 4 is 11.6 Å². The third-order valence-corrected chi connectivity index (χ3v) is 3.22. The Kier molecular flexibility index (Phi) is 4.40. The lowest BCUT2D eigenvalue weighted by Gasteiger charge is -2.13. The van der Waals surface area contributed by atoms with E-state index in [4.69, 9.17) is 22.1 Å². The molecule has 0 aliphatic carbocycles. The van der Waals surface area contributed by atoms with Gasteiger partial charge >= 0.3 is 0 Å². The summed E-state index contributed by atoms with van der Waals surface area (Å²) in [6, 6.07) is 12.0. The van der Waals surface area contributed by atoms with Crippen molar-refractivity contribution in [3.63, 3.8) is 0 Å². The van der Waals surface area contributed by atoms with Crippen LogP contribution >= 0.6 is 11.6 Å². The van der Waals surface area contributed by atoms with Gasteiger partial charge in [0.1, 0.15) is 0 Å². The Morgan fingerprint density at radius 3 is 2.47 bits per heavy atom. The van der Waals surface area contributed by atoms with Crippen molar-refractivity contribution in [2.75, 3.05) is 7.11 Å². The SMILES string of the molecule is COc1ccc(C(N)Cc2ccc(Cl)cc2)cc1F. The molecule has 0 saturated carbocycles. The van der Waals surface area contributed by atoms with Crippen molar-refractivity contribution in [2.24, 2.45) is 5.73 Å². The van der Waals surface area contributed by atoms with Crippen LogP contribution < -0.4 is 10.5 Å². The number of benzene rings is 2. The first-order chi connectivity index (χ1) is 9.10. The Bertz CT molecular complexity index is 557. The molecule has 100 valence electrons. The monoisotopic (exact) mass is 279 g/mol. The van der Waals surface area contributed by atoms with E-state index in [1.165, 1.54) is 13.2 Å². The van der Waals surface area contributed by atoms with Crippen molar-refractivity contribution < 1.29 is 9.13 Å². The van der Waals surface area contributed by atoms with E-state index in [1.54, 1.807) is 12.1 Å². The van der Waals surface area contributed by atoms with Crippen LogP contribution in [-0.2, 0) is 6.42 Å². The van der Waals surface area contributed by atoms with Crippen molar-refractivity contribution in [3.05, 3.63) is 64.4 Å². The van der Waals surface area contributed by atoms with Gasteiger partial charge in [0, 0.05) is 11.1 Å². The fraction of sp³-hybridized carbons (Fsp3) is 0.200. The highest BCUT2D eigenvalue weighted by molar-refractivity contribution is 6.30. The number of hydrogen-bond donors (Lipinski definition) is 1. The number of methoxy groups -OCH3 is 1. The zero-order valence-electron chi connectivity index (χ0n) is 10.6. The van der Waals surface area contributed by atoms with Gasteiger partial charge in [-0.05, 0) is 41.8 Å². The third-order valence-electron chi connectivity index (χ3n) is 2.97. The highest BCUT2D eigenvalue weighted by Crippen LogP contribution is 2.23. The fourth-order valence-electron chi connectivity index (χ4n) is 1.91. The molecule has 0 aliphatic rings. The van der Waals surface area contributed by atoms with Crippen LogP contribution in [0.5, 0.6) is 5.75 Å². The Morgan fingerprint density at radius 1 is 1.21 bits per heavy atom. The van der Waals surface area contributed by atoms with Gasteiger partial charge in [-0.15, -0.1) is 0 Å². The fourth-order valence-corrected chi connectivity index (χ4v) is 2.03. The maximum Gasteiger partial charge on any atom is 0.165 e. The average molecular weight is 280 g/mol. The molecule has 0 radical (unpaired) electrons. The average Bonchev–Trinajstić information content (AvgIpc) is 2.41. The summed E-state index contributed by atoms with van der Waals surface area (Å²) in [6.45, 7) is 0. The minimum absolute atomic E-state index is 0.224. The van der Waals surface area contributed by atoms with E-state index >= 15 is 0 Å². The molecule has 2 N–H and O–H groups in total. The standard InChI is InChI=1S/C15H15ClFNO/c1-19-15-7-4-11(9-13(15)17)14(18)8-10-2-5-12(16)6-3-10/h2-7,9,14H,8,18H2,1H3. The van der Waals surface area contributed by atoms with Gasteiger partial charge in [-0.3, -0.25) is 0 Å². The van der Waals surface area contributed by atoms with Gasteiger partial charge < -0.3 is 10.5 Å². The summed E-state index contributed by atoms with van der Waals surface area (Å²) in [5, 5.41) is 0.688. The summed E-state index contributed by atoms with van der Waals surface area (Å²) in [4.78, 5) is 0. The first kappa shape index (κ1) is 13.8. The van der Waals surface area contributed by atoms with E-state index < -0.39 is 5.82 Å². The molecule has 0 aliphatic heterocycles. The zero-order valence-corrected chi connectivity index (χ0v) is 11.3. The largest absolute Gasteiger partial charge is 0.494 e. The van der Waals surface area contributed by atoms with Crippen molar-refractivity contribution in [1.29, 1.82) is 0 Å². The Balaban J connectivity index is 2.13. The number of hydrogen-bond acceptors (Lipinski definition) is 2. The lowest BCUT2D eigenvalue weighted by atomic mass is 9.99. The molecule has 0 aromatic heterocycles. The van der Waals surface area contributed by atoms with E-state index in [2.05, 4.69) is 0 Å². The first-order valence-corrected chi connectivity index (χ1v) is 6.31. The van der Waals surface area contributed by atoms with Crippen LogP contribution in [0.1, 0.15) is 17.2 Å². The third kappa shape index (κ3) is 3.46. The molecular weight excluding hydrogens is 265 g/mol. The van der Waals surface area contributed by atoms with E-state index in [0.29, 0.717) is 11.4 Å². The number of halogens is 2. The van der Waals surface area contributed by atoms with Gasteiger partial charge in [0.2, 0.25) is 0 Å². The maximum absolute atomic E-state index is 13.6. The van der Waals surface area contributed by atoms with Crippen LogP contribution in [0.3, 0.4) is 0 Å². The molecule has 2 aromatic rings. The maximum atomic E-state index is 13.6. The summed E-state index contributed by atoms with van der Waals surface area (Å²) < 4.78 is 18.5. The topological polar surface area (TPSA) is 35.2 Å². The molecule has 1 atom stereocenters. The van der Waals surface area contributed by atoms with Crippen LogP contribution in [-0.4, -0.2) is 7.11 Å². The van der Waals surface area contributed by atoms with Gasteiger partial charge in [-0.2, -0.15) is 0 Å². The van der Waals surface area contributed by atoms with Crippen LogP contribution in [0.2, 0.25) is 5.02 Å². The van der Waals surface area contributed by atoms with Gasteiger partial charge in [0.05, 0.1) is 7.11 Å². The lowest BCUT2D eigenvalue weighted by molar-refractivity contribution is 0.386. The number of rotatable bonds is 4. The van der Waals surface area contributed by atoms with E-state index in [1.807, 2.05) is 24.3 Å². The molecule has 0 spiro atoms. The first-order valence-electron chi connectivity index (χ1n) is 5.93. The zero-order chi connectivity index (χ0) is 13.8. The normalized spacial score (nSPS) is 12.2. The summed E-state index contributed by atoms with van der Waals surface area (Å²) in [5.74, 6) is -0.172. The minimum atomic E-state index is -0.397. The highest BCUT2D eigenvalue weighted by atomic mass is 35.5. The molecule has 2 rings (SSSR count). The van der Waals surface area contributed by atoms with Gasteiger partial charge in [0.25, 0.3) is 0 Å². The minimum Gasteiger partial charge on any atom is -0.494 e. The second kappa shape index (κ2) is 6.04. The Labute approximate surface area is 117 Å². The van der Waals surface area contributed by atoms with Gasteiger partial charge in [0.15, 0.2) is 11.6 Å². The number of ether oxygens (including phenoxy) is 1. The summed E-state index contributed by atoms with van der Waals surface area (Å²) in [6.07, 6.45) is 0.628. The van der Waals surface area contributed by atoms with Gasteiger partial charge in [-0.25, -0.2) is 4.39 Å². The van der Waals surface area contributed by atoms with Crippen molar-refractivity contribution in [3.8, 4) is 5.75 Å². The molecule has 4 heteroatoms. The van der Waals surface area contributed by atoms with Crippen LogP contribution in [0.4, 0.5) is 4.39 Å². The van der Waals surface area contributed by atoms with Crippen LogP contribution in [0, 0.1) is 5.82 Å². The highest BCUT2D eigenvalue weighted by Gasteiger charge is 2.10. The quantitative estimate of drug-likeness (QED) is 0.925. The Hall–Kier alpha value is -1.58. The predicted octanol–water partition coefficient (Wildman–Crippen LogP) is 3.73. The van der Waals surface area contributed by atoms with E-state index in [-0.39, 0.29) is 11.8 Å². The molecule has 0 amide bonds. The van der Waals surface area contributed by atoms with Crippen molar-refractivity contribution in [2.45, 2.75) is 12.5 Å². The van der Waals surface area contributed by atoms with Crippen molar-refractivity contribution in [1.82, 2.24) is 0 Å². The van der Waals surface area contributed by atoms with Crippen LogP contribution in [0.25, 0.3) is 0 Å². The molecule has 1 unspecified atom stereocenters. The smallest absolute Gasteiger partial charge is 0.165 e. The van der Waals surface area contributed by atoms with Crippen LogP contribution in [0.15, 0.2) is 42.5 Å². The molecule has 0 fully saturated rings. The van der Waals surface area contributed by atoms with E-state index in [9.17, 15) is 4.39 Å². The predicted molar refractivity (Wildman–Crippen MR) is 75.0 cm³/mol. The molecular formula is C15H15ClFNO.